The molecule has 0 fully saturated rings. The van der Waals surface area contributed by atoms with Crippen LogP contribution in [0.25, 0.3) is 0 Å². The van der Waals surface area contributed by atoms with E-state index in [-0.39, 0.29) is 5.97 Å². The fourth-order valence-corrected chi connectivity index (χ4v) is 3.23. The monoisotopic (exact) mass is 356 g/mol. The van der Waals surface area contributed by atoms with Crippen molar-refractivity contribution in [3.8, 4) is 0 Å². The standard InChI is InChI=1S/C22H28O4/c1-3-5-6-12-20(23)26-22(15-13-18(14-16-22)21(24)25)19-11-8-7-10-17(19)9-4-2/h7-8,10-11,13-16,18H,3-6,9,12H2,1-2H3,(H,24,25). The van der Waals surface area contributed by atoms with E-state index in [1.165, 1.54) is 0 Å². The zero-order valence-corrected chi connectivity index (χ0v) is 15.6. The molecular weight excluding hydrogens is 328 g/mol. The number of carboxylic acids is 1. The van der Waals surface area contributed by atoms with Crippen molar-refractivity contribution in [1.82, 2.24) is 0 Å². The molecule has 1 aliphatic rings. The number of carbonyl (C=O) groups is 2. The minimum atomic E-state index is -1.03. The lowest BCUT2D eigenvalue weighted by Gasteiger charge is -2.32. The van der Waals surface area contributed by atoms with Crippen LogP contribution in [-0.2, 0) is 26.3 Å². The normalized spacial score (nSPS) is 21.5. The highest BCUT2D eigenvalue weighted by atomic mass is 16.6. The van der Waals surface area contributed by atoms with Crippen LogP contribution in [0.1, 0.15) is 57.1 Å². The number of benzene rings is 1. The zero-order valence-electron chi connectivity index (χ0n) is 15.6. The third-order valence-electron chi connectivity index (χ3n) is 4.61. The summed E-state index contributed by atoms with van der Waals surface area (Å²) in [6, 6.07) is 7.89. The molecule has 1 N–H and O–H groups in total. The Bertz CT molecular complexity index is 673. The third-order valence-corrected chi connectivity index (χ3v) is 4.61. The maximum Gasteiger partial charge on any atom is 0.314 e. The topological polar surface area (TPSA) is 63.6 Å². The Balaban J connectivity index is 2.35. The van der Waals surface area contributed by atoms with Crippen LogP contribution in [0.4, 0.5) is 0 Å². The van der Waals surface area contributed by atoms with E-state index in [1.807, 2.05) is 24.3 Å². The first-order valence-electron chi connectivity index (χ1n) is 9.44. The van der Waals surface area contributed by atoms with Gasteiger partial charge in [0.2, 0.25) is 0 Å². The van der Waals surface area contributed by atoms with E-state index in [0.29, 0.717) is 6.42 Å². The fraction of sp³-hybridized carbons (Fsp3) is 0.455. The van der Waals surface area contributed by atoms with E-state index in [9.17, 15) is 14.7 Å². The second-order valence-electron chi connectivity index (χ2n) is 6.71. The second kappa shape index (κ2) is 9.37. The highest BCUT2D eigenvalue weighted by molar-refractivity contribution is 5.76. The van der Waals surface area contributed by atoms with Gasteiger partial charge in [0.15, 0.2) is 5.60 Å². The molecule has 4 heteroatoms. The van der Waals surface area contributed by atoms with Crippen LogP contribution < -0.4 is 0 Å². The van der Waals surface area contributed by atoms with Gasteiger partial charge >= 0.3 is 11.9 Å². The molecule has 0 aliphatic heterocycles. The molecule has 0 saturated carbocycles. The number of aryl methyl sites for hydroxylation is 1. The molecule has 0 unspecified atom stereocenters. The van der Waals surface area contributed by atoms with Gasteiger partial charge in [-0.25, -0.2) is 0 Å². The Labute approximate surface area is 155 Å². The summed E-state index contributed by atoms with van der Waals surface area (Å²) >= 11 is 0. The molecule has 0 spiro atoms. The zero-order chi connectivity index (χ0) is 19.0. The van der Waals surface area contributed by atoms with Gasteiger partial charge in [0.05, 0.1) is 5.92 Å². The lowest BCUT2D eigenvalue weighted by atomic mass is 9.83. The third kappa shape index (κ3) is 4.84. The lowest BCUT2D eigenvalue weighted by Crippen LogP contribution is -2.32. The molecule has 0 aromatic heterocycles. The number of aliphatic carboxylic acids is 1. The number of carboxylic acid groups (broad SMARTS) is 1. The average molecular weight is 356 g/mol. The van der Waals surface area contributed by atoms with Gasteiger partial charge in [-0.2, -0.15) is 0 Å². The number of unbranched alkanes of at least 4 members (excludes halogenated alkanes) is 2. The molecule has 140 valence electrons. The highest BCUT2D eigenvalue weighted by Gasteiger charge is 2.36. The van der Waals surface area contributed by atoms with Crippen molar-refractivity contribution in [3.63, 3.8) is 0 Å². The minimum absolute atomic E-state index is 0.257. The predicted octanol–water partition coefficient (Wildman–Crippen LogP) is 4.78. The summed E-state index contributed by atoms with van der Waals surface area (Å²) in [5, 5.41) is 9.23. The van der Waals surface area contributed by atoms with Crippen molar-refractivity contribution in [2.24, 2.45) is 5.92 Å². The number of carbonyl (C=O) groups excluding carboxylic acids is 1. The van der Waals surface area contributed by atoms with E-state index in [1.54, 1.807) is 24.3 Å². The molecule has 0 heterocycles. The molecule has 1 aromatic carbocycles. The Hall–Kier alpha value is -2.36. The molecule has 1 aliphatic carbocycles. The van der Waals surface area contributed by atoms with E-state index < -0.39 is 17.5 Å². The van der Waals surface area contributed by atoms with Crippen molar-refractivity contribution < 1.29 is 19.4 Å². The van der Waals surface area contributed by atoms with Crippen LogP contribution in [0.2, 0.25) is 0 Å². The van der Waals surface area contributed by atoms with Crippen molar-refractivity contribution >= 4 is 11.9 Å². The van der Waals surface area contributed by atoms with Crippen molar-refractivity contribution in [2.75, 3.05) is 0 Å². The molecular formula is C22H28O4. The molecule has 4 nitrogen and oxygen atoms in total. The molecule has 1 aromatic rings. The summed E-state index contributed by atoms with van der Waals surface area (Å²) in [4.78, 5) is 23.7. The van der Waals surface area contributed by atoms with Crippen LogP contribution >= 0.6 is 0 Å². The van der Waals surface area contributed by atoms with Crippen LogP contribution in [0, 0.1) is 5.92 Å². The largest absolute Gasteiger partial charge is 0.481 e. The van der Waals surface area contributed by atoms with Crippen molar-refractivity contribution in [3.05, 3.63) is 59.7 Å². The Kier molecular flexibility index (Phi) is 7.19. The number of hydrogen-bond acceptors (Lipinski definition) is 3. The average Bonchev–Trinajstić information content (AvgIpc) is 2.63. The number of esters is 1. The molecule has 0 saturated heterocycles. The summed E-state index contributed by atoms with van der Waals surface area (Å²) < 4.78 is 5.92. The first-order valence-corrected chi connectivity index (χ1v) is 9.44. The summed E-state index contributed by atoms with van der Waals surface area (Å²) in [6.45, 7) is 4.19. The number of hydrogen-bond donors (Lipinski definition) is 1. The van der Waals surface area contributed by atoms with Crippen LogP contribution in [0.3, 0.4) is 0 Å². The Morgan fingerprint density at radius 3 is 2.38 bits per heavy atom. The van der Waals surface area contributed by atoms with Gasteiger partial charge in [-0.15, -0.1) is 0 Å². The first kappa shape index (κ1) is 20.0. The van der Waals surface area contributed by atoms with Crippen LogP contribution in [0.5, 0.6) is 0 Å². The maximum absolute atomic E-state index is 12.4. The van der Waals surface area contributed by atoms with Gasteiger partial charge in [0.1, 0.15) is 0 Å². The second-order valence-corrected chi connectivity index (χ2v) is 6.71. The molecule has 0 radical (unpaired) electrons. The highest BCUT2D eigenvalue weighted by Crippen LogP contribution is 2.36. The first-order chi connectivity index (χ1) is 12.5. The van der Waals surface area contributed by atoms with Crippen LogP contribution in [-0.4, -0.2) is 17.0 Å². The van der Waals surface area contributed by atoms with Gasteiger partial charge in [-0.3, -0.25) is 9.59 Å². The smallest absolute Gasteiger partial charge is 0.314 e. The van der Waals surface area contributed by atoms with Crippen LogP contribution in [0.15, 0.2) is 48.6 Å². The van der Waals surface area contributed by atoms with Gasteiger partial charge in [0.25, 0.3) is 0 Å². The Morgan fingerprint density at radius 1 is 1.08 bits per heavy atom. The van der Waals surface area contributed by atoms with Gasteiger partial charge in [-0.05, 0) is 30.6 Å². The molecule has 26 heavy (non-hydrogen) atoms. The van der Waals surface area contributed by atoms with E-state index in [2.05, 4.69) is 13.8 Å². The van der Waals surface area contributed by atoms with E-state index in [0.717, 1.165) is 43.2 Å². The number of ether oxygens (including phenoxy) is 1. The predicted molar refractivity (Wildman–Crippen MR) is 102 cm³/mol. The molecule has 0 amide bonds. The summed E-state index contributed by atoms with van der Waals surface area (Å²) in [7, 11) is 0. The molecule has 2 rings (SSSR count). The number of rotatable bonds is 9. The van der Waals surface area contributed by atoms with Gasteiger partial charge < -0.3 is 9.84 Å². The van der Waals surface area contributed by atoms with Crippen molar-refractivity contribution in [2.45, 2.75) is 58.0 Å². The summed E-state index contributed by atoms with van der Waals surface area (Å²) in [6.07, 6.45) is 11.7. The summed E-state index contributed by atoms with van der Waals surface area (Å²) in [5.74, 6) is -1.87. The maximum atomic E-state index is 12.4. The SMILES string of the molecule is CCCCCC(=O)OC1(c2ccccc2CCC)C=CC(C(=O)O)C=C1. The molecule has 0 atom stereocenters. The van der Waals surface area contributed by atoms with Gasteiger partial charge in [0, 0.05) is 12.0 Å². The van der Waals surface area contributed by atoms with Crippen molar-refractivity contribution in [1.29, 1.82) is 0 Å². The van der Waals surface area contributed by atoms with E-state index >= 15 is 0 Å². The quantitative estimate of drug-likeness (QED) is 0.393. The minimum Gasteiger partial charge on any atom is -0.481 e. The fourth-order valence-electron chi connectivity index (χ4n) is 3.23. The summed E-state index contributed by atoms with van der Waals surface area (Å²) in [5.41, 5.74) is 0.988. The van der Waals surface area contributed by atoms with Gasteiger partial charge in [-0.1, -0.05) is 69.5 Å². The lowest BCUT2D eigenvalue weighted by molar-refractivity contribution is -0.152. The molecule has 0 bridgehead atoms. The Morgan fingerprint density at radius 2 is 1.77 bits per heavy atom. The van der Waals surface area contributed by atoms with E-state index in [4.69, 9.17) is 4.74 Å².